The van der Waals surface area contributed by atoms with Crippen LogP contribution in [0.3, 0.4) is 0 Å². The normalized spacial score (nSPS) is 17.3. The van der Waals surface area contributed by atoms with E-state index >= 15 is 0 Å². The molecule has 0 bridgehead atoms. The molecule has 2 aromatic rings. The molecule has 1 aliphatic heterocycles. The lowest BCUT2D eigenvalue weighted by atomic mass is 10.1. The summed E-state index contributed by atoms with van der Waals surface area (Å²) < 4.78 is 7.78. The minimum atomic E-state index is -0.217. The van der Waals surface area contributed by atoms with Crippen molar-refractivity contribution >= 4 is 16.9 Å². The van der Waals surface area contributed by atoms with Gasteiger partial charge in [-0.1, -0.05) is 32.4 Å². The van der Waals surface area contributed by atoms with Crippen molar-refractivity contribution in [3.8, 4) is 0 Å². The average Bonchev–Trinajstić information content (AvgIpc) is 3.26. The number of carbonyl (C=O) groups excluding carboxylic acids is 1. The lowest BCUT2D eigenvalue weighted by molar-refractivity contribution is -0.130. The van der Waals surface area contributed by atoms with E-state index in [1.54, 1.807) is 0 Å². The Morgan fingerprint density at radius 1 is 1.31 bits per heavy atom. The summed E-state index contributed by atoms with van der Waals surface area (Å²) in [6.07, 6.45) is 5.82. The molecular formula is C21H31N3O2. The molecule has 0 radical (unpaired) electrons. The van der Waals surface area contributed by atoms with Gasteiger partial charge in [0.2, 0.25) is 5.91 Å². The molecule has 1 aromatic carbocycles. The van der Waals surface area contributed by atoms with Crippen LogP contribution in [-0.2, 0) is 22.5 Å². The van der Waals surface area contributed by atoms with Gasteiger partial charge < -0.3 is 14.6 Å². The summed E-state index contributed by atoms with van der Waals surface area (Å²) in [5, 5.41) is 3.00. The number of aromatic nitrogens is 2. The number of nitrogens with one attached hydrogen (secondary N) is 1. The number of carbonyl (C=O) groups is 1. The number of rotatable bonds is 9. The smallest absolute Gasteiger partial charge is 0.249 e. The van der Waals surface area contributed by atoms with Gasteiger partial charge in [0, 0.05) is 26.1 Å². The largest absolute Gasteiger partial charge is 0.368 e. The molecule has 1 N–H and O–H groups in total. The van der Waals surface area contributed by atoms with Crippen molar-refractivity contribution in [3.05, 3.63) is 30.1 Å². The Balaban J connectivity index is 1.45. The maximum absolute atomic E-state index is 11.9. The fourth-order valence-electron chi connectivity index (χ4n) is 3.58. The van der Waals surface area contributed by atoms with Crippen molar-refractivity contribution in [3.63, 3.8) is 0 Å². The van der Waals surface area contributed by atoms with Crippen LogP contribution < -0.4 is 5.32 Å². The molecule has 1 saturated heterocycles. The van der Waals surface area contributed by atoms with E-state index in [1.165, 1.54) is 11.3 Å². The topological polar surface area (TPSA) is 56.2 Å². The molecule has 26 heavy (non-hydrogen) atoms. The number of hydrogen-bond acceptors (Lipinski definition) is 3. The van der Waals surface area contributed by atoms with Gasteiger partial charge in [0.1, 0.15) is 11.9 Å². The summed E-state index contributed by atoms with van der Waals surface area (Å²) in [6, 6.07) is 8.39. The fraction of sp³-hybridized carbons (Fsp3) is 0.619. The Labute approximate surface area is 156 Å². The highest BCUT2D eigenvalue weighted by Gasteiger charge is 2.22. The van der Waals surface area contributed by atoms with Crippen molar-refractivity contribution in [2.24, 2.45) is 5.92 Å². The molecule has 1 atom stereocenters. The molecule has 1 fully saturated rings. The van der Waals surface area contributed by atoms with Crippen LogP contribution in [0.1, 0.15) is 51.8 Å². The number of ether oxygens (including phenoxy) is 1. The Bertz CT molecular complexity index is 717. The first-order valence-corrected chi connectivity index (χ1v) is 9.98. The van der Waals surface area contributed by atoms with Crippen molar-refractivity contribution in [2.45, 2.75) is 65.0 Å². The third-order valence-electron chi connectivity index (χ3n) is 4.88. The second-order valence-electron chi connectivity index (χ2n) is 7.62. The number of benzene rings is 1. The number of hydrogen-bond donors (Lipinski definition) is 1. The predicted octanol–water partition coefficient (Wildman–Crippen LogP) is 3.70. The summed E-state index contributed by atoms with van der Waals surface area (Å²) in [5.74, 6) is 1.84. The van der Waals surface area contributed by atoms with Gasteiger partial charge in [-0.15, -0.1) is 0 Å². The number of fused-ring (bicyclic) bond motifs is 1. The zero-order chi connectivity index (χ0) is 18.4. The molecular weight excluding hydrogens is 326 g/mol. The van der Waals surface area contributed by atoms with Gasteiger partial charge in [-0.2, -0.15) is 0 Å². The first-order valence-electron chi connectivity index (χ1n) is 9.98. The van der Waals surface area contributed by atoms with Crippen molar-refractivity contribution < 1.29 is 9.53 Å². The Kier molecular flexibility index (Phi) is 6.67. The second kappa shape index (κ2) is 9.17. The Hall–Kier alpha value is -1.88. The predicted molar refractivity (Wildman–Crippen MR) is 104 cm³/mol. The van der Waals surface area contributed by atoms with Gasteiger partial charge in [0.05, 0.1) is 11.0 Å². The van der Waals surface area contributed by atoms with Crippen LogP contribution in [-0.4, -0.2) is 34.7 Å². The van der Waals surface area contributed by atoms with Gasteiger partial charge in [-0.3, -0.25) is 4.79 Å². The van der Waals surface area contributed by atoms with Gasteiger partial charge in [-0.05, 0) is 43.7 Å². The Morgan fingerprint density at radius 3 is 2.92 bits per heavy atom. The first kappa shape index (κ1) is 18.9. The highest BCUT2D eigenvalue weighted by molar-refractivity contribution is 5.80. The third kappa shape index (κ3) is 4.85. The maximum atomic E-state index is 11.9. The quantitative estimate of drug-likeness (QED) is 0.696. The standard InChI is InChI=1S/C21H31N3O2/c1-16(2)15-24-18-10-6-5-9-17(18)23-20(24)12-4-3-7-13-22-21(25)19-11-8-14-26-19/h5-6,9-10,16,19H,3-4,7-8,11-15H2,1-2H3,(H,22,25). The highest BCUT2D eigenvalue weighted by Crippen LogP contribution is 2.19. The Morgan fingerprint density at radius 2 is 2.15 bits per heavy atom. The molecule has 1 aromatic heterocycles. The van der Waals surface area contributed by atoms with E-state index in [1.807, 2.05) is 0 Å². The monoisotopic (exact) mass is 357 g/mol. The molecule has 2 heterocycles. The van der Waals surface area contributed by atoms with Crippen LogP contribution in [0.5, 0.6) is 0 Å². The van der Waals surface area contributed by atoms with E-state index in [-0.39, 0.29) is 12.0 Å². The number of imidazole rings is 1. The lowest BCUT2D eigenvalue weighted by Gasteiger charge is -2.12. The van der Waals surface area contributed by atoms with Crippen molar-refractivity contribution in [1.29, 1.82) is 0 Å². The van der Waals surface area contributed by atoms with E-state index < -0.39 is 0 Å². The molecule has 0 aliphatic carbocycles. The minimum absolute atomic E-state index is 0.0567. The summed E-state index contributed by atoms with van der Waals surface area (Å²) in [4.78, 5) is 16.7. The summed E-state index contributed by atoms with van der Waals surface area (Å²) in [5.41, 5.74) is 2.33. The zero-order valence-corrected chi connectivity index (χ0v) is 16.0. The van der Waals surface area contributed by atoms with Crippen LogP contribution in [0.2, 0.25) is 0 Å². The van der Waals surface area contributed by atoms with Crippen LogP contribution in [0.15, 0.2) is 24.3 Å². The van der Waals surface area contributed by atoms with Crippen molar-refractivity contribution in [1.82, 2.24) is 14.9 Å². The highest BCUT2D eigenvalue weighted by atomic mass is 16.5. The number of aryl methyl sites for hydroxylation is 1. The minimum Gasteiger partial charge on any atom is -0.368 e. The van der Waals surface area contributed by atoms with Gasteiger partial charge in [0.25, 0.3) is 0 Å². The van der Waals surface area contributed by atoms with E-state index in [0.717, 1.165) is 63.7 Å². The van der Waals surface area contributed by atoms with Crippen LogP contribution in [0.4, 0.5) is 0 Å². The van der Waals surface area contributed by atoms with Crippen LogP contribution in [0.25, 0.3) is 11.0 Å². The summed E-state index contributed by atoms with van der Waals surface area (Å²) >= 11 is 0. The van der Waals surface area contributed by atoms with E-state index in [0.29, 0.717) is 5.92 Å². The van der Waals surface area contributed by atoms with Crippen LogP contribution in [0, 0.1) is 5.92 Å². The molecule has 1 unspecified atom stereocenters. The van der Waals surface area contributed by atoms with Gasteiger partial charge >= 0.3 is 0 Å². The molecule has 5 heteroatoms. The lowest BCUT2D eigenvalue weighted by Crippen LogP contribution is -2.34. The van der Waals surface area contributed by atoms with E-state index in [9.17, 15) is 4.79 Å². The molecule has 3 rings (SSSR count). The van der Waals surface area contributed by atoms with Crippen molar-refractivity contribution in [2.75, 3.05) is 13.2 Å². The average molecular weight is 357 g/mol. The fourth-order valence-corrected chi connectivity index (χ4v) is 3.58. The zero-order valence-electron chi connectivity index (χ0n) is 16.0. The van der Waals surface area contributed by atoms with Gasteiger partial charge in [-0.25, -0.2) is 4.98 Å². The molecule has 5 nitrogen and oxygen atoms in total. The number of amides is 1. The number of para-hydroxylation sites is 2. The van der Waals surface area contributed by atoms with E-state index in [4.69, 9.17) is 9.72 Å². The van der Waals surface area contributed by atoms with Crippen LogP contribution >= 0.6 is 0 Å². The summed E-state index contributed by atoms with van der Waals surface area (Å²) in [6.45, 7) is 6.95. The molecule has 0 saturated carbocycles. The first-order chi connectivity index (χ1) is 12.6. The molecule has 0 spiro atoms. The SMILES string of the molecule is CC(C)Cn1c(CCCCCNC(=O)C2CCCO2)nc2ccccc21. The third-order valence-corrected chi connectivity index (χ3v) is 4.88. The molecule has 142 valence electrons. The molecule has 1 amide bonds. The van der Waals surface area contributed by atoms with Gasteiger partial charge in [0.15, 0.2) is 0 Å². The molecule has 1 aliphatic rings. The number of nitrogens with zero attached hydrogens (tertiary/aromatic N) is 2. The van der Waals surface area contributed by atoms with E-state index in [2.05, 4.69) is 48.0 Å². The second-order valence-corrected chi connectivity index (χ2v) is 7.62. The summed E-state index contributed by atoms with van der Waals surface area (Å²) in [7, 11) is 0. The number of unbranched alkanes of at least 4 members (excludes halogenated alkanes) is 2. The maximum Gasteiger partial charge on any atom is 0.249 e.